The number of nitrogens with zero attached hydrogens (tertiary/aromatic N) is 2. The predicted octanol–water partition coefficient (Wildman–Crippen LogP) is -0.448. The van der Waals surface area contributed by atoms with Crippen molar-refractivity contribution in [3.8, 4) is 0 Å². The summed E-state index contributed by atoms with van der Waals surface area (Å²) in [7, 11) is 0. The molecule has 0 spiro atoms. The Morgan fingerprint density at radius 3 is 2.57 bits per heavy atom. The summed E-state index contributed by atoms with van der Waals surface area (Å²) in [6, 6.07) is 3.09. The van der Waals surface area contributed by atoms with Gasteiger partial charge in [-0.05, 0) is 12.1 Å². The Labute approximate surface area is 122 Å². The molecule has 0 aromatic carbocycles. The van der Waals surface area contributed by atoms with E-state index in [9.17, 15) is 9.59 Å². The third-order valence-electron chi connectivity index (χ3n) is 3.83. The zero-order valence-corrected chi connectivity index (χ0v) is 11.8. The van der Waals surface area contributed by atoms with Gasteiger partial charge in [0.25, 0.3) is 5.91 Å². The van der Waals surface area contributed by atoms with Gasteiger partial charge in [-0.1, -0.05) is 0 Å². The fourth-order valence-corrected chi connectivity index (χ4v) is 2.63. The maximum absolute atomic E-state index is 12.3. The molecule has 1 aromatic rings. The molecule has 3 rings (SSSR count). The van der Waals surface area contributed by atoms with Crippen molar-refractivity contribution in [1.29, 1.82) is 0 Å². The summed E-state index contributed by atoms with van der Waals surface area (Å²) in [5.74, 6) is 0.281. The van der Waals surface area contributed by atoms with Crippen LogP contribution in [0.3, 0.4) is 0 Å². The van der Waals surface area contributed by atoms with Crippen LogP contribution in [-0.4, -0.2) is 73.6 Å². The first-order valence-electron chi connectivity index (χ1n) is 7.18. The maximum atomic E-state index is 12.3. The number of rotatable bonds is 2. The lowest BCUT2D eigenvalue weighted by atomic mass is 10.2. The topological polar surface area (TPSA) is 75.0 Å². The van der Waals surface area contributed by atoms with Gasteiger partial charge in [-0.3, -0.25) is 9.59 Å². The van der Waals surface area contributed by atoms with Gasteiger partial charge in [-0.25, -0.2) is 0 Å². The number of amides is 2. The molecule has 7 heteroatoms. The van der Waals surface area contributed by atoms with Crippen molar-refractivity contribution in [1.82, 2.24) is 15.1 Å². The monoisotopic (exact) mass is 293 g/mol. The van der Waals surface area contributed by atoms with E-state index in [-0.39, 0.29) is 17.9 Å². The van der Waals surface area contributed by atoms with E-state index in [1.165, 1.54) is 6.26 Å². The van der Waals surface area contributed by atoms with Gasteiger partial charge >= 0.3 is 0 Å². The van der Waals surface area contributed by atoms with Crippen molar-refractivity contribution < 1.29 is 18.7 Å². The van der Waals surface area contributed by atoms with Gasteiger partial charge < -0.3 is 24.3 Å². The Morgan fingerprint density at radius 1 is 1.19 bits per heavy atom. The Kier molecular flexibility index (Phi) is 4.21. The Balaban J connectivity index is 1.52. The third-order valence-corrected chi connectivity index (χ3v) is 3.83. The van der Waals surface area contributed by atoms with E-state index in [2.05, 4.69) is 5.32 Å². The van der Waals surface area contributed by atoms with Gasteiger partial charge in [0, 0.05) is 32.7 Å². The molecule has 2 aliphatic heterocycles. The Morgan fingerprint density at radius 2 is 1.95 bits per heavy atom. The van der Waals surface area contributed by atoms with Gasteiger partial charge in [-0.2, -0.15) is 0 Å². The minimum Gasteiger partial charge on any atom is -0.459 e. The van der Waals surface area contributed by atoms with Crippen LogP contribution in [0.5, 0.6) is 0 Å². The molecule has 0 radical (unpaired) electrons. The van der Waals surface area contributed by atoms with Crippen molar-refractivity contribution in [2.75, 3.05) is 45.9 Å². The molecule has 1 unspecified atom stereocenters. The average molecular weight is 293 g/mol. The lowest BCUT2D eigenvalue weighted by Gasteiger charge is -2.36. The molecular formula is C14H19N3O4. The van der Waals surface area contributed by atoms with Gasteiger partial charge in [-0.15, -0.1) is 0 Å². The normalized spacial score (nSPS) is 23.1. The summed E-state index contributed by atoms with van der Waals surface area (Å²) < 4.78 is 10.4. The molecule has 114 valence electrons. The van der Waals surface area contributed by atoms with Crippen LogP contribution >= 0.6 is 0 Å². The first-order valence-corrected chi connectivity index (χ1v) is 7.18. The number of ether oxygens (including phenoxy) is 1. The number of hydrogen-bond acceptors (Lipinski definition) is 5. The van der Waals surface area contributed by atoms with Gasteiger partial charge in [0.1, 0.15) is 6.04 Å². The van der Waals surface area contributed by atoms with Crippen molar-refractivity contribution in [3.05, 3.63) is 24.2 Å². The van der Waals surface area contributed by atoms with Crippen LogP contribution in [0.25, 0.3) is 0 Å². The van der Waals surface area contributed by atoms with Crippen molar-refractivity contribution in [3.63, 3.8) is 0 Å². The van der Waals surface area contributed by atoms with E-state index in [1.54, 1.807) is 21.9 Å². The molecule has 2 aliphatic rings. The number of hydrogen-bond donors (Lipinski definition) is 1. The zero-order chi connectivity index (χ0) is 14.7. The summed E-state index contributed by atoms with van der Waals surface area (Å²) in [6.07, 6.45) is 1.49. The molecule has 1 atom stereocenters. The second-order valence-electron chi connectivity index (χ2n) is 5.18. The minimum absolute atomic E-state index is 0.0554. The van der Waals surface area contributed by atoms with E-state index < -0.39 is 0 Å². The molecule has 2 fully saturated rings. The molecule has 3 heterocycles. The highest BCUT2D eigenvalue weighted by Gasteiger charge is 2.30. The largest absolute Gasteiger partial charge is 0.459 e. The standard InChI is InChI=1S/C14H19N3O4/c18-13(11-10-20-9-3-15-11)16-4-6-17(7-5-16)14(19)12-2-1-8-21-12/h1-2,8,11,15H,3-7,9-10H2. The first kappa shape index (κ1) is 14.1. The molecule has 0 aliphatic carbocycles. The Hall–Kier alpha value is -1.86. The summed E-state index contributed by atoms with van der Waals surface area (Å²) in [6.45, 7) is 3.91. The fourth-order valence-electron chi connectivity index (χ4n) is 2.63. The quantitative estimate of drug-likeness (QED) is 0.799. The lowest BCUT2D eigenvalue weighted by molar-refractivity contribution is -0.137. The third kappa shape index (κ3) is 3.08. The molecule has 7 nitrogen and oxygen atoms in total. The van der Waals surface area contributed by atoms with Crippen LogP contribution in [0, 0.1) is 0 Å². The summed E-state index contributed by atoms with van der Waals surface area (Å²) in [5, 5.41) is 3.16. The number of carbonyl (C=O) groups is 2. The van der Waals surface area contributed by atoms with Gasteiger partial charge in [0.15, 0.2) is 5.76 Å². The molecule has 2 saturated heterocycles. The van der Waals surface area contributed by atoms with Crippen LogP contribution in [0.15, 0.2) is 22.8 Å². The van der Waals surface area contributed by atoms with E-state index in [0.29, 0.717) is 51.7 Å². The Bertz CT molecular complexity index is 488. The molecule has 1 aromatic heterocycles. The molecule has 21 heavy (non-hydrogen) atoms. The van der Waals surface area contributed by atoms with Crippen molar-refractivity contribution in [2.24, 2.45) is 0 Å². The van der Waals surface area contributed by atoms with Crippen LogP contribution in [0.2, 0.25) is 0 Å². The maximum Gasteiger partial charge on any atom is 0.289 e. The predicted molar refractivity (Wildman–Crippen MR) is 73.8 cm³/mol. The number of piperazine rings is 1. The molecule has 0 saturated carbocycles. The zero-order valence-electron chi connectivity index (χ0n) is 11.8. The van der Waals surface area contributed by atoms with E-state index >= 15 is 0 Å². The van der Waals surface area contributed by atoms with E-state index in [4.69, 9.17) is 9.15 Å². The number of carbonyl (C=O) groups excluding carboxylic acids is 2. The second kappa shape index (κ2) is 6.28. The van der Waals surface area contributed by atoms with Crippen LogP contribution < -0.4 is 5.32 Å². The lowest BCUT2D eigenvalue weighted by Crippen LogP contribution is -2.57. The molecular weight excluding hydrogens is 274 g/mol. The first-order chi connectivity index (χ1) is 10.3. The highest BCUT2D eigenvalue weighted by molar-refractivity contribution is 5.91. The second-order valence-corrected chi connectivity index (χ2v) is 5.18. The molecule has 2 amide bonds. The number of nitrogens with one attached hydrogen (secondary N) is 1. The van der Waals surface area contributed by atoms with Crippen LogP contribution in [-0.2, 0) is 9.53 Å². The van der Waals surface area contributed by atoms with Crippen LogP contribution in [0.4, 0.5) is 0 Å². The van der Waals surface area contributed by atoms with Crippen molar-refractivity contribution in [2.45, 2.75) is 6.04 Å². The van der Waals surface area contributed by atoms with E-state index in [1.807, 2.05) is 0 Å². The average Bonchev–Trinajstić information content (AvgIpc) is 3.09. The highest BCUT2D eigenvalue weighted by atomic mass is 16.5. The number of furan rings is 1. The van der Waals surface area contributed by atoms with Gasteiger partial charge in [0.2, 0.25) is 5.91 Å². The summed E-state index contributed by atoms with van der Waals surface area (Å²) in [4.78, 5) is 28.0. The van der Waals surface area contributed by atoms with E-state index in [0.717, 1.165) is 0 Å². The smallest absolute Gasteiger partial charge is 0.289 e. The number of morpholine rings is 1. The van der Waals surface area contributed by atoms with Crippen LogP contribution in [0.1, 0.15) is 10.6 Å². The molecule has 1 N–H and O–H groups in total. The van der Waals surface area contributed by atoms with Crippen molar-refractivity contribution >= 4 is 11.8 Å². The van der Waals surface area contributed by atoms with Gasteiger partial charge in [0.05, 0.1) is 19.5 Å². The minimum atomic E-state index is -0.258. The summed E-state index contributed by atoms with van der Waals surface area (Å²) >= 11 is 0. The SMILES string of the molecule is O=C(c1ccco1)N1CCN(C(=O)C2COCCN2)CC1. The molecule has 0 bridgehead atoms. The summed E-state index contributed by atoms with van der Waals surface area (Å²) in [5.41, 5.74) is 0. The fraction of sp³-hybridized carbons (Fsp3) is 0.571. The highest BCUT2D eigenvalue weighted by Crippen LogP contribution is 2.10.